The van der Waals surface area contributed by atoms with Crippen molar-refractivity contribution in [3.63, 3.8) is 0 Å². The fraction of sp³-hybridized carbons (Fsp3) is 0.815. The third kappa shape index (κ3) is 23.8. The molecule has 0 amide bonds. The number of unbranched alkanes of at least 4 members (excludes halogenated alkanes) is 10. The monoisotopic (exact) mass is 579 g/mol. The number of carboxylic acids is 1. The van der Waals surface area contributed by atoms with Gasteiger partial charge in [-0.25, -0.2) is 4.57 Å². The fourth-order valence-electron chi connectivity index (χ4n) is 3.45. The molecule has 39 heavy (non-hydrogen) atoms. The van der Waals surface area contributed by atoms with Gasteiger partial charge >= 0.3 is 25.7 Å². The van der Waals surface area contributed by atoms with Gasteiger partial charge in [0.2, 0.25) is 0 Å². The summed E-state index contributed by atoms with van der Waals surface area (Å²) in [5, 5.41) is 8.74. The van der Waals surface area contributed by atoms with Crippen LogP contribution in [0.25, 0.3) is 0 Å². The molecule has 228 valence electrons. The van der Waals surface area contributed by atoms with E-state index in [1.54, 1.807) is 6.92 Å². The molecule has 0 aliphatic rings. The van der Waals surface area contributed by atoms with Crippen LogP contribution < -0.4 is 5.73 Å². The number of hydrogen-bond acceptors (Lipinski definition) is 9. The van der Waals surface area contributed by atoms with Gasteiger partial charge in [-0.3, -0.25) is 23.4 Å². The van der Waals surface area contributed by atoms with Crippen molar-refractivity contribution >= 4 is 25.7 Å². The molecule has 4 N–H and O–H groups in total. The predicted molar refractivity (Wildman–Crippen MR) is 148 cm³/mol. The second-order valence-electron chi connectivity index (χ2n) is 9.53. The maximum absolute atomic E-state index is 12.3. The first kappa shape index (κ1) is 37.2. The summed E-state index contributed by atoms with van der Waals surface area (Å²) in [7, 11) is -4.68. The van der Waals surface area contributed by atoms with Crippen LogP contribution in [0.4, 0.5) is 0 Å². The third-order valence-electron chi connectivity index (χ3n) is 5.73. The van der Waals surface area contributed by atoms with Gasteiger partial charge in [0.05, 0.1) is 13.2 Å². The number of carbonyl (C=O) groups is 3. The zero-order valence-corrected chi connectivity index (χ0v) is 24.6. The minimum atomic E-state index is -4.68. The molecule has 0 heterocycles. The van der Waals surface area contributed by atoms with Gasteiger partial charge in [0.1, 0.15) is 12.6 Å². The number of nitrogens with two attached hydrogens (primary N) is 1. The van der Waals surface area contributed by atoms with E-state index in [2.05, 4.69) is 23.6 Å². The zero-order valence-electron chi connectivity index (χ0n) is 23.7. The van der Waals surface area contributed by atoms with E-state index >= 15 is 0 Å². The molecule has 0 bridgehead atoms. The van der Waals surface area contributed by atoms with Crippen molar-refractivity contribution in [3.8, 4) is 0 Å². The summed E-state index contributed by atoms with van der Waals surface area (Å²) in [6.07, 6.45) is 17.7. The van der Waals surface area contributed by atoms with Crippen LogP contribution in [0.3, 0.4) is 0 Å². The van der Waals surface area contributed by atoms with Crippen molar-refractivity contribution in [2.75, 3.05) is 19.8 Å². The molecule has 0 spiro atoms. The number of esters is 2. The fourth-order valence-corrected chi connectivity index (χ4v) is 4.23. The Kier molecular flexibility index (Phi) is 23.0. The van der Waals surface area contributed by atoms with Crippen molar-refractivity contribution in [2.45, 2.75) is 122 Å². The van der Waals surface area contributed by atoms with Crippen molar-refractivity contribution in [3.05, 3.63) is 12.2 Å². The summed E-state index contributed by atoms with van der Waals surface area (Å²) < 4.78 is 31.7. The Bertz CT molecular complexity index is 746. The number of phosphoric acid groups is 1. The molecule has 0 aromatic carbocycles. The summed E-state index contributed by atoms with van der Waals surface area (Å²) in [4.78, 5) is 44.4. The van der Waals surface area contributed by atoms with Crippen LogP contribution in [0, 0.1) is 0 Å². The van der Waals surface area contributed by atoms with Crippen LogP contribution in [0.15, 0.2) is 12.2 Å². The van der Waals surface area contributed by atoms with Gasteiger partial charge in [-0.2, -0.15) is 0 Å². The number of rotatable bonds is 26. The minimum Gasteiger partial charge on any atom is -0.480 e. The summed E-state index contributed by atoms with van der Waals surface area (Å²) in [6.45, 7) is 2.32. The smallest absolute Gasteiger partial charge is 0.472 e. The van der Waals surface area contributed by atoms with Crippen LogP contribution in [-0.2, 0) is 37.5 Å². The molecule has 0 rings (SSSR count). The predicted octanol–water partition coefficient (Wildman–Crippen LogP) is 5.43. The molecule has 0 aliphatic heterocycles. The molecule has 11 nitrogen and oxygen atoms in total. The number of phosphoric ester groups is 1. The largest absolute Gasteiger partial charge is 0.480 e. The Morgan fingerprint density at radius 2 is 1.33 bits per heavy atom. The molecule has 3 atom stereocenters. The number of carbonyl (C=O) groups excluding carboxylic acids is 2. The van der Waals surface area contributed by atoms with Gasteiger partial charge in [-0.05, 0) is 38.5 Å². The lowest BCUT2D eigenvalue weighted by Gasteiger charge is -2.20. The van der Waals surface area contributed by atoms with E-state index in [1.165, 1.54) is 32.1 Å². The van der Waals surface area contributed by atoms with Crippen molar-refractivity contribution in [2.24, 2.45) is 5.73 Å². The topological polar surface area (TPSA) is 172 Å². The first-order chi connectivity index (χ1) is 18.6. The zero-order chi connectivity index (χ0) is 29.4. The summed E-state index contributed by atoms with van der Waals surface area (Å²) in [6, 6.07) is -1.51. The first-order valence-electron chi connectivity index (χ1n) is 14.2. The Hall–Kier alpha value is -1.78. The van der Waals surface area contributed by atoms with E-state index in [0.29, 0.717) is 12.8 Å². The molecular formula is C27H50NO10P. The Morgan fingerprint density at radius 1 is 0.769 bits per heavy atom. The van der Waals surface area contributed by atoms with Gasteiger partial charge in [0.15, 0.2) is 6.10 Å². The molecule has 0 saturated carbocycles. The highest BCUT2D eigenvalue weighted by atomic mass is 31.2. The maximum atomic E-state index is 12.3. The lowest BCUT2D eigenvalue weighted by Crippen LogP contribution is -2.34. The number of carboxylic acid groups (broad SMARTS) is 1. The molecule has 3 unspecified atom stereocenters. The second kappa shape index (κ2) is 24.1. The van der Waals surface area contributed by atoms with Crippen LogP contribution in [0.1, 0.15) is 110 Å². The highest BCUT2D eigenvalue weighted by Crippen LogP contribution is 2.43. The van der Waals surface area contributed by atoms with E-state index in [9.17, 15) is 23.8 Å². The first-order valence-corrected chi connectivity index (χ1v) is 15.7. The highest BCUT2D eigenvalue weighted by Gasteiger charge is 2.28. The van der Waals surface area contributed by atoms with E-state index < -0.39 is 51.1 Å². The SMILES string of the molecule is CCCCCCC/C=C\CCCCCCCC(=O)OC(COC(=O)CCC)COP(=O)(O)OCC(N)C(=O)O. The molecule has 0 fully saturated rings. The Balaban J connectivity index is 4.29. The van der Waals surface area contributed by atoms with Crippen LogP contribution in [-0.4, -0.2) is 59.9 Å². The molecule has 0 aliphatic carbocycles. The van der Waals surface area contributed by atoms with Crippen LogP contribution in [0.5, 0.6) is 0 Å². The molecular weight excluding hydrogens is 529 g/mol. The lowest BCUT2D eigenvalue weighted by atomic mass is 10.1. The molecule has 0 aromatic rings. The van der Waals surface area contributed by atoms with Gasteiger partial charge in [-0.15, -0.1) is 0 Å². The molecule has 12 heteroatoms. The third-order valence-corrected chi connectivity index (χ3v) is 6.68. The highest BCUT2D eigenvalue weighted by molar-refractivity contribution is 7.47. The average molecular weight is 580 g/mol. The van der Waals surface area contributed by atoms with Gasteiger partial charge < -0.3 is 25.2 Å². The molecule has 0 aromatic heterocycles. The van der Waals surface area contributed by atoms with E-state index in [1.807, 2.05) is 0 Å². The van der Waals surface area contributed by atoms with Gasteiger partial charge in [-0.1, -0.05) is 70.9 Å². The summed E-state index contributed by atoms with van der Waals surface area (Å²) >= 11 is 0. The Labute approximate surface area is 233 Å². The van der Waals surface area contributed by atoms with Gasteiger partial charge in [0.25, 0.3) is 0 Å². The normalized spacial score (nSPS) is 14.6. The van der Waals surface area contributed by atoms with Crippen LogP contribution >= 0.6 is 7.82 Å². The second-order valence-corrected chi connectivity index (χ2v) is 11.0. The average Bonchev–Trinajstić information content (AvgIpc) is 2.89. The Morgan fingerprint density at radius 3 is 1.92 bits per heavy atom. The maximum Gasteiger partial charge on any atom is 0.472 e. The molecule has 0 saturated heterocycles. The quantitative estimate of drug-likeness (QED) is 0.0516. The number of hydrogen-bond donors (Lipinski definition) is 3. The number of allylic oxidation sites excluding steroid dienone is 2. The molecule has 0 radical (unpaired) electrons. The number of ether oxygens (including phenoxy) is 2. The van der Waals surface area contributed by atoms with Crippen molar-refractivity contribution in [1.82, 2.24) is 0 Å². The summed E-state index contributed by atoms with van der Waals surface area (Å²) in [5.41, 5.74) is 5.24. The van der Waals surface area contributed by atoms with E-state index in [0.717, 1.165) is 38.5 Å². The summed E-state index contributed by atoms with van der Waals surface area (Å²) in [5.74, 6) is -2.46. The minimum absolute atomic E-state index is 0.151. The number of aliphatic carboxylic acids is 1. The van der Waals surface area contributed by atoms with Crippen LogP contribution in [0.2, 0.25) is 0 Å². The van der Waals surface area contributed by atoms with Gasteiger partial charge in [0, 0.05) is 12.8 Å². The van der Waals surface area contributed by atoms with E-state index in [4.69, 9.17) is 24.8 Å². The van der Waals surface area contributed by atoms with E-state index in [-0.39, 0.29) is 19.4 Å². The standard InChI is InChI=1S/C27H50NO10P/c1-3-5-6-7-8-9-10-11-12-13-14-15-16-17-19-26(30)38-23(20-35-25(29)18-4-2)21-36-39(33,34)37-22-24(28)27(31)32/h10-11,23-24H,3-9,12-22,28H2,1-2H3,(H,31,32)(H,33,34)/b11-10-. The lowest BCUT2D eigenvalue weighted by molar-refractivity contribution is -0.161. The van der Waals surface area contributed by atoms with Crippen molar-refractivity contribution in [1.29, 1.82) is 0 Å². The van der Waals surface area contributed by atoms with Crippen molar-refractivity contribution < 1.29 is 47.5 Å².